The molecule has 0 atom stereocenters. The Hall–Kier alpha value is -1.99. The number of aliphatic hydroxyl groups excluding tert-OH is 1. The maximum absolute atomic E-state index is 9.69. The number of anilines is 1. The van der Waals surface area contributed by atoms with Crippen molar-refractivity contribution in [2.24, 2.45) is 0 Å². The van der Waals surface area contributed by atoms with Crippen LogP contribution in [0.15, 0.2) is 6.07 Å². The lowest BCUT2D eigenvalue weighted by molar-refractivity contribution is 0.274. The third kappa shape index (κ3) is 3.21. The lowest BCUT2D eigenvalue weighted by Crippen LogP contribution is -2.32. The molecular formula is C19H28N6O. The quantitative estimate of drug-likeness (QED) is 0.865. The number of rotatable bonds is 4. The molecule has 0 bridgehead atoms. The molecule has 1 saturated heterocycles. The van der Waals surface area contributed by atoms with Crippen LogP contribution in [-0.2, 0) is 26.1 Å². The van der Waals surface area contributed by atoms with Gasteiger partial charge in [-0.3, -0.25) is 4.68 Å². The second-order valence-electron chi connectivity index (χ2n) is 7.24. The van der Waals surface area contributed by atoms with E-state index < -0.39 is 0 Å². The number of nitrogens with zero attached hydrogens (tertiary/aromatic N) is 5. The molecule has 2 aliphatic rings. The molecule has 4 heterocycles. The molecular weight excluding hydrogens is 328 g/mol. The molecule has 4 rings (SSSR count). The summed E-state index contributed by atoms with van der Waals surface area (Å²) in [5.41, 5.74) is 4.40. The molecule has 2 aliphatic heterocycles. The molecule has 2 aromatic heterocycles. The third-order valence-electron chi connectivity index (χ3n) is 5.59. The fourth-order valence-corrected chi connectivity index (χ4v) is 4.21. The Kier molecular flexibility index (Phi) is 4.91. The van der Waals surface area contributed by atoms with Crippen LogP contribution in [-0.4, -0.2) is 44.5 Å². The topological polar surface area (TPSA) is 79.1 Å². The second-order valence-corrected chi connectivity index (χ2v) is 7.24. The fourth-order valence-electron chi connectivity index (χ4n) is 4.21. The standard InChI is InChI=1S/C19H28N6O/c1-3-25-18-6-9-24(11-15(18)17(12-26)23-25)19-10-16(21-13(2)22-19)14-4-7-20-8-5-14/h10,14,20,26H,3-9,11-12H2,1-2H3. The Labute approximate surface area is 154 Å². The Bertz CT molecular complexity index is 781. The summed E-state index contributed by atoms with van der Waals surface area (Å²) in [5.74, 6) is 2.37. The van der Waals surface area contributed by atoms with Gasteiger partial charge in [0.2, 0.25) is 0 Å². The Morgan fingerprint density at radius 3 is 2.81 bits per heavy atom. The Balaban J connectivity index is 1.62. The smallest absolute Gasteiger partial charge is 0.132 e. The van der Waals surface area contributed by atoms with Gasteiger partial charge in [0.25, 0.3) is 0 Å². The molecule has 2 aromatic rings. The second kappa shape index (κ2) is 7.32. The van der Waals surface area contributed by atoms with Gasteiger partial charge in [-0.2, -0.15) is 5.10 Å². The number of fused-ring (bicyclic) bond motifs is 1. The zero-order chi connectivity index (χ0) is 18.1. The summed E-state index contributed by atoms with van der Waals surface area (Å²) >= 11 is 0. The van der Waals surface area contributed by atoms with Gasteiger partial charge in [0.15, 0.2) is 0 Å². The molecule has 0 aromatic carbocycles. The molecule has 2 N–H and O–H groups in total. The van der Waals surface area contributed by atoms with Gasteiger partial charge in [0.1, 0.15) is 11.6 Å². The van der Waals surface area contributed by atoms with Crippen LogP contribution in [0.2, 0.25) is 0 Å². The predicted octanol–water partition coefficient (Wildman–Crippen LogP) is 1.52. The maximum atomic E-state index is 9.69. The maximum Gasteiger partial charge on any atom is 0.132 e. The lowest BCUT2D eigenvalue weighted by Gasteiger charge is -2.30. The highest BCUT2D eigenvalue weighted by atomic mass is 16.3. The average molecular weight is 356 g/mol. The molecule has 0 spiro atoms. The monoisotopic (exact) mass is 356 g/mol. The van der Waals surface area contributed by atoms with E-state index in [2.05, 4.69) is 28.3 Å². The zero-order valence-electron chi connectivity index (χ0n) is 15.7. The Morgan fingerprint density at radius 1 is 1.27 bits per heavy atom. The highest BCUT2D eigenvalue weighted by Gasteiger charge is 2.26. The summed E-state index contributed by atoms with van der Waals surface area (Å²) in [6, 6.07) is 2.18. The molecule has 0 amide bonds. The molecule has 0 unspecified atom stereocenters. The average Bonchev–Trinajstić information content (AvgIpc) is 3.05. The first-order valence-electron chi connectivity index (χ1n) is 9.69. The van der Waals surface area contributed by atoms with Crippen molar-refractivity contribution < 1.29 is 5.11 Å². The molecule has 7 heteroatoms. The van der Waals surface area contributed by atoms with Crippen LogP contribution >= 0.6 is 0 Å². The van der Waals surface area contributed by atoms with Gasteiger partial charge in [0, 0.05) is 55.0 Å². The SMILES string of the molecule is CCn1nc(CO)c2c1CCN(c1cc(C3CCNCC3)nc(C)n1)C2. The van der Waals surface area contributed by atoms with Crippen LogP contribution in [0, 0.1) is 6.92 Å². The van der Waals surface area contributed by atoms with Gasteiger partial charge in [-0.05, 0) is 39.8 Å². The van der Waals surface area contributed by atoms with Crippen LogP contribution in [0.5, 0.6) is 0 Å². The van der Waals surface area contributed by atoms with E-state index in [4.69, 9.17) is 9.97 Å². The first-order valence-corrected chi connectivity index (χ1v) is 9.69. The minimum absolute atomic E-state index is 0.00764. The third-order valence-corrected chi connectivity index (χ3v) is 5.59. The van der Waals surface area contributed by atoms with E-state index in [0.29, 0.717) is 5.92 Å². The van der Waals surface area contributed by atoms with Crippen LogP contribution in [0.3, 0.4) is 0 Å². The normalized spacial score (nSPS) is 18.2. The summed E-state index contributed by atoms with van der Waals surface area (Å²) in [7, 11) is 0. The molecule has 0 aliphatic carbocycles. The number of nitrogens with one attached hydrogen (secondary N) is 1. The van der Waals surface area contributed by atoms with Crippen LogP contribution in [0.1, 0.15) is 54.2 Å². The fraction of sp³-hybridized carbons (Fsp3) is 0.632. The van der Waals surface area contributed by atoms with E-state index in [1.54, 1.807) is 0 Å². The van der Waals surface area contributed by atoms with E-state index in [1.165, 1.54) is 17.0 Å². The molecule has 7 nitrogen and oxygen atoms in total. The highest BCUT2D eigenvalue weighted by molar-refractivity contribution is 5.45. The molecule has 0 saturated carbocycles. The lowest BCUT2D eigenvalue weighted by atomic mass is 9.94. The van der Waals surface area contributed by atoms with Gasteiger partial charge in [-0.15, -0.1) is 0 Å². The number of aliphatic hydroxyl groups is 1. The van der Waals surface area contributed by atoms with Crippen molar-refractivity contribution in [3.05, 3.63) is 34.5 Å². The molecule has 0 radical (unpaired) electrons. The van der Waals surface area contributed by atoms with Gasteiger partial charge in [-0.25, -0.2) is 9.97 Å². The summed E-state index contributed by atoms with van der Waals surface area (Å²) in [6.07, 6.45) is 3.21. The number of aryl methyl sites for hydroxylation is 2. The van der Waals surface area contributed by atoms with E-state index in [9.17, 15) is 5.11 Å². The van der Waals surface area contributed by atoms with Crippen molar-refractivity contribution in [2.45, 2.75) is 58.7 Å². The van der Waals surface area contributed by atoms with Crippen LogP contribution < -0.4 is 10.2 Å². The van der Waals surface area contributed by atoms with E-state index in [0.717, 1.165) is 69.3 Å². The van der Waals surface area contributed by atoms with Crippen molar-refractivity contribution in [3.63, 3.8) is 0 Å². The molecule has 1 fully saturated rings. The molecule has 26 heavy (non-hydrogen) atoms. The van der Waals surface area contributed by atoms with Crippen LogP contribution in [0.4, 0.5) is 5.82 Å². The minimum Gasteiger partial charge on any atom is -0.390 e. The first kappa shape index (κ1) is 17.4. The van der Waals surface area contributed by atoms with Crippen molar-refractivity contribution in [2.75, 3.05) is 24.5 Å². The summed E-state index contributed by atoms with van der Waals surface area (Å²) in [4.78, 5) is 11.8. The van der Waals surface area contributed by atoms with Crippen molar-refractivity contribution >= 4 is 5.82 Å². The summed E-state index contributed by atoms with van der Waals surface area (Å²) < 4.78 is 2.03. The van der Waals surface area contributed by atoms with E-state index >= 15 is 0 Å². The predicted molar refractivity (Wildman–Crippen MR) is 100 cm³/mol. The van der Waals surface area contributed by atoms with Crippen molar-refractivity contribution in [3.8, 4) is 0 Å². The summed E-state index contributed by atoms with van der Waals surface area (Å²) in [5, 5.41) is 17.7. The van der Waals surface area contributed by atoms with Gasteiger partial charge in [-0.1, -0.05) is 0 Å². The van der Waals surface area contributed by atoms with Crippen LogP contribution in [0.25, 0.3) is 0 Å². The van der Waals surface area contributed by atoms with Gasteiger partial charge in [0.05, 0.1) is 12.3 Å². The van der Waals surface area contributed by atoms with Gasteiger partial charge < -0.3 is 15.3 Å². The number of aromatic nitrogens is 4. The highest BCUT2D eigenvalue weighted by Crippen LogP contribution is 2.29. The largest absolute Gasteiger partial charge is 0.390 e. The first-order chi connectivity index (χ1) is 12.7. The zero-order valence-corrected chi connectivity index (χ0v) is 15.7. The number of piperidine rings is 1. The van der Waals surface area contributed by atoms with E-state index in [1.807, 2.05) is 11.6 Å². The number of hydrogen-bond acceptors (Lipinski definition) is 6. The van der Waals surface area contributed by atoms with E-state index in [-0.39, 0.29) is 6.61 Å². The minimum atomic E-state index is -0.00764. The summed E-state index contributed by atoms with van der Waals surface area (Å²) in [6.45, 7) is 8.72. The van der Waals surface area contributed by atoms with Crippen molar-refractivity contribution in [1.29, 1.82) is 0 Å². The van der Waals surface area contributed by atoms with Gasteiger partial charge >= 0.3 is 0 Å². The molecule has 140 valence electrons. The Morgan fingerprint density at radius 2 is 2.08 bits per heavy atom. The number of hydrogen-bond donors (Lipinski definition) is 2. The van der Waals surface area contributed by atoms with Crippen molar-refractivity contribution in [1.82, 2.24) is 25.1 Å².